The van der Waals surface area contributed by atoms with Crippen LogP contribution in [-0.4, -0.2) is 31.4 Å². The summed E-state index contributed by atoms with van der Waals surface area (Å²) in [6, 6.07) is 16.6. The average Bonchev–Trinajstić information content (AvgIpc) is 3.45. The number of carbonyl (C=O) groups is 1. The molecule has 4 aromatic rings. The molecule has 1 N–H and O–H groups in total. The Morgan fingerprint density at radius 1 is 1.06 bits per heavy atom. The maximum atomic E-state index is 12.5. The lowest BCUT2D eigenvalue weighted by atomic mass is 10.0. The minimum absolute atomic E-state index is 0.113. The highest BCUT2D eigenvalue weighted by molar-refractivity contribution is 7.99. The summed E-state index contributed by atoms with van der Waals surface area (Å²) in [6.07, 6.45) is 0. The van der Waals surface area contributed by atoms with E-state index in [-0.39, 0.29) is 11.7 Å². The zero-order valence-corrected chi connectivity index (χ0v) is 20.8. The van der Waals surface area contributed by atoms with Crippen molar-refractivity contribution in [2.24, 2.45) is 0 Å². The SMILES string of the molecule is CCn1c(SCC(=O)Nc2nc(-c3ccc(C)cc3)cs2)nnc1-c1ccc(C(C)C)cc1. The molecule has 8 heteroatoms. The Hall–Kier alpha value is -2.97. The number of anilines is 1. The van der Waals surface area contributed by atoms with Crippen molar-refractivity contribution in [1.82, 2.24) is 19.7 Å². The van der Waals surface area contributed by atoms with Crippen molar-refractivity contribution in [3.63, 3.8) is 0 Å². The molecule has 0 fully saturated rings. The van der Waals surface area contributed by atoms with Gasteiger partial charge < -0.3 is 9.88 Å². The van der Waals surface area contributed by atoms with Gasteiger partial charge in [-0.25, -0.2) is 4.98 Å². The first-order valence-electron chi connectivity index (χ1n) is 10.9. The minimum atomic E-state index is -0.113. The number of thioether (sulfide) groups is 1. The molecule has 1 amide bonds. The van der Waals surface area contributed by atoms with Gasteiger partial charge in [-0.3, -0.25) is 4.79 Å². The fourth-order valence-electron chi connectivity index (χ4n) is 3.38. The number of nitrogens with one attached hydrogen (secondary N) is 1. The van der Waals surface area contributed by atoms with Gasteiger partial charge in [0.05, 0.1) is 11.4 Å². The Balaban J connectivity index is 1.39. The summed E-state index contributed by atoms with van der Waals surface area (Å²) >= 11 is 2.81. The maximum absolute atomic E-state index is 12.5. The lowest BCUT2D eigenvalue weighted by Crippen LogP contribution is -2.14. The normalized spacial score (nSPS) is 11.2. The van der Waals surface area contributed by atoms with E-state index in [2.05, 4.69) is 84.6 Å². The molecule has 0 atom stereocenters. The zero-order valence-electron chi connectivity index (χ0n) is 19.2. The molecule has 2 heterocycles. The fraction of sp³-hybridized carbons (Fsp3) is 0.280. The van der Waals surface area contributed by atoms with Crippen molar-refractivity contribution in [2.75, 3.05) is 11.1 Å². The number of carbonyl (C=O) groups excluding carboxylic acids is 1. The summed E-state index contributed by atoms with van der Waals surface area (Å²) in [4.78, 5) is 17.1. The molecule has 0 aliphatic rings. The Labute approximate surface area is 202 Å². The van der Waals surface area contributed by atoms with E-state index < -0.39 is 0 Å². The number of hydrogen-bond acceptors (Lipinski definition) is 6. The third-order valence-electron chi connectivity index (χ3n) is 5.30. The monoisotopic (exact) mass is 477 g/mol. The first kappa shape index (κ1) is 23.2. The van der Waals surface area contributed by atoms with Crippen LogP contribution in [0.5, 0.6) is 0 Å². The van der Waals surface area contributed by atoms with Crippen LogP contribution in [0.3, 0.4) is 0 Å². The lowest BCUT2D eigenvalue weighted by molar-refractivity contribution is -0.113. The van der Waals surface area contributed by atoms with Gasteiger partial charge in [0.2, 0.25) is 5.91 Å². The second kappa shape index (κ2) is 10.3. The first-order chi connectivity index (χ1) is 15.9. The van der Waals surface area contributed by atoms with Crippen LogP contribution >= 0.6 is 23.1 Å². The second-order valence-corrected chi connectivity index (χ2v) is 9.87. The van der Waals surface area contributed by atoms with Crippen LogP contribution in [0.15, 0.2) is 59.1 Å². The van der Waals surface area contributed by atoms with Crippen LogP contribution in [0.1, 0.15) is 37.8 Å². The van der Waals surface area contributed by atoms with Crippen molar-refractivity contribution in [3.05, 3.63) is 65.0 Å². The topological polar surface area (TPSA) is 72.7 Å². The van der Waals surface area contributed by atoms with Crippen molar-refractivity contribution in [2.45, 2.75) is 45.3 Å². The first-order valence-corrected chi connectivity index (χ1v) is 12.8. The Morgan fingerprint density at radius 2 is 1.76 bits per heavy atom. The molecule has 0 aliphatic heterocycles. The number of thiazole rings is 1. The predicted octanol–water partition coefficient (Wildman–Crippen LogP) is 6.25. The Kier molecular flexibility index (Phi) is 7.25. The Morgan fingerprint density at radius 3 is 2.42 bits per heavy atom. The van der Waals surface area contributed by atoms with Gasteiger partial charge in [0.1, 0.15) is 0 Å². The smallest absolute Gasteiger partial charge is 0.236 e. The molecular formula is C25H27N5OS2. The molecule has 0 unspecified atom stereocenters. The molecular weight excluding hydrogens is 450 g/mol. The van der Waals surface area contributed by atoms with Gasteiger partial charge in [-0.1, -0.05) is 79.7 Å². The summed E-state index contributed by atoms with van der Waals surface area (Å²) < 4.78 is 2.04. The largest absolute Gasteiger partial charge is 0.302 e. The van der Waals surface area contributed by atoms with Gasteiger partial charge >= 0.3 is 0 Å². The molecule has 33 heavy (non-hydrogen) atoms. The third-order valence-corrected chi connectivity index (χ3v) is 7.02. The van der Waals surface area contributed by atoms with E-state index >= 15 is 0 Å². The van der Waals surface area contributed by atoms with Crippen molar-refractivity contribution < 1.29 is 4.79 Å². The number of aromatic nitrogens is 4. The molecule has 0 aliphatic carbocycles. The minimum Gasteiger partial charge on any atom is -0.302 e. The average molecular weight is 478 g/mol. The molecule has 2 aromatic carbocycles. The number of rotatable bonds is 8. The molecule has 0 spiro atoms. The van der Waals surface area contributed by atoms with Crippen LogP contribution in [0.2, 0.25) is 0 Å². The van der Waals surface area contributed by atoms with Crippen molar-refractivity contribution in [1.29, 1.82) is 0 Å². The highest BCUT2D eigenvalue weighted by Gasteiger charge is 2.16. The number of aryl methyl sites for hydroxylation is 1. The van der Waals surface area contributed by atoms with Crippen LogP contribution in [0, 0.1) is 6.92 Å². The maximum Gasteiger partial charge on any atom is 0.236 e. The predicted molar refractivity (Wildman–Crippen MR) is 137 cm³/mol. The van der Waals surface area contributed by atoms with E-state index in [1.165, 1.54) is 34.2 Å². The molecule has 0 saturated carbocycles. The summed E-state index contributed by atoms with van der Waals surface area (Å²) in [5.41, 5.74) is 5.42. The van der Waals surface area contributed by atoms with E-state index in [4.69, 9.17) is 0 Å². The molecule has 4 rings (SSSR count). The quantitative estimate of drug-likeness (QED) is 0.304. The van der Waals surface area contributed by atoms with Gasteiger partial charge in [-0.05, 0) is 25.3 Å². The molecule has 2 aromatic heterocycles. The summed E-state index contributed by atoms with van der Waals surface area (Å²) in [7, 11) is 0. The van der Waals surface area contributed by atoms with Crippen LogP contribution in [0.25, 0.3) is 22.6 Å². The standard InChI is InChI=1S/C25H27N5OS2/c1-5-30-23(20-12-10-18(11-13-20)16(2)3)28-29-25(30)33-15-22(31)27-24-26-21(14-32-24)19-8-6-17(4)7-9-19/h6-14,16H,5,15H2,1-4H3,(H,26,27,31). The molecule has 170 valence electrons. The van der Waals surface area contributed by atoms with Crippen molar-refractivity contribution >= 4 is 34.1 Å². The number of benzene rings is 2. The van der Waals surface area contributed by atoms with Crippen molar-refractivity contribution in [3.8, 4) is 22.6 Å². The van der Waals surface area contributed by atoms with Gasteiger partial charge in [-0.2, -0.15) is 0 Å². The molecule has 6 nitrogen and oxygen atoms in total. The third kappa shape index (κ3) is 5.51. The Bertz CT molecular complexity index is 1230. The van der Waals surface area contributed by atoms with Gasteiger partial charge in [-0.15, -0.1) is 21.5 Å². The lowest BCUT2D eigenvalue weighted by Gasteiger charge is -2.09. The van der Waals surface area contributed by atoms with E-state index in [1.807, 2.05) is 22.1 Å². The highest BCUT2D eigenvalue weighted by Crippen LogP contribution is 2.27. The summed E-state index contributed by atoms with van der Waals surface area (Å²) in [5, 5.41) is 14.9. The van der Waals surface area contributed by atoms with E-state index in [9.17, 15) is 4.79 Å². The van der Waals surface area contributed by atoms with E-state index in [0.29, 0.717) is 11.0 Å². The van der Waals surface area contributed by atoms with Gasteiger partial charge in [0, 0.05) is 23.1 Å². The van der Waals surface area contributed by atoms with Crippen LogP contribution in [0.4, 0.5) is 5.13 Å². The fourth-order valence-corrected chi connectivity index (χ4v) is 4.92. The molecule has 0 bridgehead atoms. The van der Waals surface area contributed by atoms with Crippen LogP contribution < -0.4 is 5.32 Å². The van der Waals surface area contributed by atoms with E-state index in [0.717, 1.165) is 34.3 Å². The highest BCUT2D eigenvalue weighted by atomic mass is 32.2. The van der Waals surface area contributed by atoms with E-state index in [1.54, 1.807) is 0 Å². The second-order valence-electron chi connectivity index (χ2n) is 8.07. The van der Waals surface area contributed by atoms with Gasteiger partial charge in [0.15, 0.2) is 16.1 Å². The molecule has 0 saturated heterocycles. The van der Waals surface area contributed by atoms with Gasteiger partial charge in [0.25, 0.3) is 0 Å². The summed E-state index contributed by atoms with van der Waals surface area (Å²) in [6.45, 7) is 9.20. The number of nitrogens with zero attached hydrogens (tertiary/aromatic N) is 4. The zero-order chi connectivity index (χ0) is 23.4. The summed E-state index contributed by atoms with van der Waals surface area (Å²) in [5.74, 6) is 1.43. The number of hydrogen-bond donors (Lipinski definition) is 1. The number of amides is 1. The van der Waals surface area contributed by atoms with Crippen LogP contribution in [-0.2, 0) is 11.3 Å². The molecule has 0 radical (unpaired) electrons.